The van der Waals surface area contributed by atoms with Crippen LogP contribution >= 0.6 is 0 Å². The molecule has 0 unspecified atom stereocenters. The summed E-state index contributed by atoms with van der Waals surface area (Å²) >= 11 is 0. The minimum atomic E-state index is -0.0491. The van der Waals surface area contributed by atoms with Crippen molar-refractivity contribution in [2.24, 2.45) is 17.2 Å². The van der Waals surface area contributed by atoms with Gasteiger partial charge in [0.15, 0.2) is 0 Å². The molecule has 5 heteroatoms. The summed E-state index contributed by atoms with van der Waals surface area (Å²) in [7, 11) is 1.87. The molecule has 0 atom stereocenters. The zero-order valence-corrected chi connectivity index (χ0v) is 8.18. The molecular formula is C7H19N5+2. The van der Waals surface area contributed by atoms with Gasteiger partial charge in [0.2, 0.25) is 0 Å². The standard InChI is InChI=1S/C7H17N5/c1-7(2,3)12(4)6(10)11-5(8)9/h1-4H3,(H5,8,9,10,11)/p+2. The molecule has 0 saturated heterocycles. The Morgan fingerprint density at radius 2 is 1.58 bits per heavy atom. The largest absolute Gasteiger partial charge is 0.519 e. The Balaban J connectivity index is 4.83. The number of hydrogen-bond donors (Lipinski definition) is 4. The Bertz CT molecular complexity index is 216. The minimum absolute atomic E-state index is 0.0491. The maximum absolute atomic E-state index is 5.65. The van der Waals surface area contributed by atoms with Gasteiger partial charge in [0.25, 0.3) is 5.96 Å². The maximum Gasteiger partial charge on any atom is 0.519 e. The van der Waals surface area contributed by atoms with Crippen molar-refractivity contribution < 1.29 is 9.57 Å². The summed E-state index contributed by atoms with van der Waals surface area (Å²) < 4.78 is 1.85. The Morgan fingerprint density at radius 1 is 1.17 bits per heavy atom. The first-order chi connectivity index (χ1) is 5.25. The Kier molecular flexibility index (Phi) is 3.06. The monoisotopic (exact) mass is 173 g/mol. The highest BCUT2D eigenvalue weighted by molar-refractivity contribution is 5.75. The van der Waals surface area contributed by atoms with Crippen molar-refractivity contribution >= 4 is 11.9 Å². The van der Waals surface area contributed by atoms with E-state index < -0.39 is 0 Å². The van der Waals surface area contributed by atoms with E-state index in [0.29, 0.717) is 5.96 Å². The zero-order chi connectivity index (χ0) is 9.94. The molecule has 0 bridgehead atoms. The fourth-order valence-corrected chi connectivity index (χ4v) is 0.593. The summed E-state index contributed by atoms with van der Waals surface area (Å²) in [4.78, 5) is 2.64. The van der Waals surface area contributed by atoms with Gasteiger partial charge in [-0.3, -0.25) is 0 Å². The molecule has 0 aromatic rings. The van der Waals surface area contributed by atoms with Crippen molar-refractivity contribution in [1.29, 1.82) is 0 Å². The summed E-state index contributed by atoms with van der Waals surface area (Å²) in [5.74, 6) is 0.547. The second-order valence-electron chi connectivity index (χ2n) is 3.70. The van der Waals surface area contributed by atoms with Gasteiger partial charge in [0.05, 0.1) is 0 Å². The van der Waals surface area contributed by atoms with Gasteiger partial charge in [-0.05, 0) is 20.8 Å². The molecule has 0 radical (unpaired) electrons. The highest BCUT2D eigenvalue weighted by Gasteiger charge is 2.23. The van der Waals surface area contributed by atoms with Gasteiger partial charge in [0.1, 0.15) is 12.6 Å². The van der Waals surface area contributed by atoms with Gasteiger partial charge >= 0.3 is 5.96 Å². The van der Waals surface area contributed by atoms with E-state index in [-0.39, 0.29) is 11.5 Å². The average molecular weight is 173 g/mol. The highest BCUT2D eigenvalue weighted by atomic mass is 15.2. The van der Waals surface area contributed by atoms with Gasteiger partial charge in [-0.15, -0.1) is 4.99 Å². The first kappa shape index (κ1) is 10.7. The zero-order valence-electron chi connectivity index (χ0n) is 8.18. The lowest BCUT2D eigenvalue weighted by atomic mass is 10.1. The molecule has 0 amide bonds. The molecule has 5 nitrogen and oxygen atoms in total. The first-order valence-electron chi connectivity index (χ1n) is 3.76. The molecule has 0 aliphatic heterocycles. The lowest BCUT2D eigenvalue weighted by Crippen LogP contribution is -2.86. The fourth-order valence-electron chi connectivity index (χ4n) is 0.593. The van der Waals surface area contributed by atoms with Crippen LogP contribution in [0.25, 0.3) is 0 Å². The van der Waals surface area contributed by atoms with Crippen molar-refractivity contribution in [2.75, 3.05) is 7.05 Å². The molecule has 0 aliphatic rings. The number of hydrogen-bond acceptors (Lipinski definition) is 0. The quantitative estimate of drug-likeness (QED) is 0.180. The van der Waals surface area contributed by atoms with Crippen molar-refractivity contribution in [1.82, 2.24) is 0 Å². The SMILES string of the molecule is C[N+](=C(N)[NH+]=C(N)N)C(C)(C)C. The Labute approximate surface area is 72.9 Å². The predicted molar refractivity (Wildman–Crippen MR) is 49.5 cm³/mol. The molecule has 0 saturated carbocycles. The lowest BCUT2D eigenvalue weighted by molar-refractivity contribution is -0.608. The van der Waals surface area contributed by atoms with E-state index in [4.69, 9.17) is 17.2 Å². The molecule has 0 fully saturated rings. The van der Waals surface area contributed by atoms with Crippen molar-refractivity contribution in [3.8, 4) is 0 Å². The van der Waals surface area contributed by atoms with Crippen LogP contribution in [-0.4, -0.2) is 29.1 Å². The van der Waals surface area contributed by atoms with E-state index in [1.165, 1.54) is 0 Å². The van der Waals surface area contributed by atoms with Gasteiger partial charge < -0.3 is 11.5 Å². The van der Waals surface area contributed by atoms with Gasteiger partial charge in [-0.25, -0.2) is 5.73 Å². The van der Waals surface area contributed by atoms with Gasteiger partial charge in [0, 0.05) is 0 Å². The predicted octanol–water partition coefficient (Wildman–Crippen LogP) is -2.90. The molecule has 7 N–H and O–H groups in total. The lowest BCUT2D eigenvalue weighted by Gasteiger charge is -2.14. The van der Waals surface area contributed by atoms with Gasteiger partial charge in [-0.1, -0.05) is 0 Å². The van der Waals surface area contributed by atoms with Crippen LogP contribution in [0.2, 0.25) is 0 Å². The first-order valence-corrected chi connectivity index (χ1v) is 3.76. The number of nitrogens with one attached hydrogen (secondary N) is 1. The van der Waals surface area contributed by atoms with E-state index in [1.54, 1.807) is 0 Å². The summed E-state index contributed by atoms with van der Waals surface area (Å²) in [5.41, 5.74) is 16.1. The molecule has 0 aromatic carbocycles. The summed E-state index contributed by atoms with van der Waals surface area (Å²) in [6.07, 6.45) is 0. The van der Waals surface area contributed by atoms with E-state index >= 15 is 0 Å². The van der Waals surface area contributed by atoms with Crippen LogP contribution in [0.4, 0.5) is 0 Å². The Morgan fingerprint density at radius 3 is 1.83 bits per heavy atom. The third-order valence-corrected chi connectivity index (χ3v) is 1.64. The van der Waals surface area contributed by atoms with Crippen molar-refractivity contribution in [2.45, 2.75) is 26.3 Å². The Hall–Kier alpha value is -1.26. The van der Waals surface area contributed by atoms with Crippen LogP contribution in [0.3, 0.4) is 0 Å². The summed E-state index contributed by atoms with van der Waals surface area (Å²) in [6.45, 7) is 6.11. The molecule has 0 spiro atoms. The highest BCUT2D eigenvalue weighted by Crippen LogP contribution is 2.02. The topological polar surface area (TPSA) is 95.0 Å². The molecular weight excluding hydrogens is 154 g/mol. The van der Waals surface area contributed by atoms with Crippen LogP contribution in [0, 0.1) is 0 Å². The van der Waals surface area contributed by atoms with Crippen LogP contribution < -0.4 is 22.2 Å². The second kappa shape index (κ2) is 3.42. The normalized spacial score (nSPS) is 13.7. The third kappa shape index (κ3) is 3.23. The molecule has 0 rings (SSSR count). The van der Waals surface area contributed by atoms with Crippen molar-refractivity contribution in [3.05, 3.63) is 0 Å². The summed E-state index contributed by atoms with van der Waals surface area (Å²) in [5, 5.41) is 0. The average Bonchev–Trinajstić information content (AvgIpc) is 1.82. The summed E-state index contributed by atoms with van der Waals surface area (Å²) in [6, 6.07) is 0. The number of rotatable bonds is 0. The van der Waals surface area contributed by atoms with Crippen LogP contribution in [0.15, 0.2) is 0 Å². The van der Waals surface area contributed by atoms with Crippen LogP contribution in [0.5, 0.6) is 0 Å². The van der Waals surface area contributed by atoms with Crippen LogP contribution in [-0.2, 0) is 0 Å². The maximum atomic E-state index is 5.65. The third-order valence-electron chi connectivity index (χ3n) is 1.64. The van der Waals surface area contributed by atoms with E-state index in [0.717, 1.165) is 0 Å². The molecule has 70 valence electrons. The fraction of sp³-hybridized carbons (Fsp3) is 0.714. The number of nitrogens with two attached hydrogens (primary N) is 3. The smallest absolute Gasteiger partial charge is 0.345 e. The van der Waals surface area contributed by atoms with E-state index in [9.17, 15) is 0 Å². The molecule has 0 aromatic heterocycles. The molecule has 0 aliphatic carbocycles. The van der Waals surface area contributed by atoms with E-state index in [1.807, 2.05) is 32.4 Å². The minimum Gasteiger partial charge on any atom is -0.345 e. The second-order valence-corrected chi connectivity index (χ2v) is 3.70. The van der Waals surface area contributed by atoms with E-state index in [2.05, 4.69) is 4.99 Å². The molecule has 0 heterocycles. The van der Waals surface area contributed by atoms with Crippen LogP contribution in [0.1, 0.15) is 20.8 Å². The molecule has 12 heavy (non-hydrogen) atoms. The van der Waals surface area contributed by atoms with Gasteiger partial charge in [-0.2, -0.15) is 4.58 Å². The number of nitrogens with zero attached hydrogens (tertiary/aromatic N) is 1. The van der Waals surface area contributed by atoms with Crippen molar-refractivity contribution in [3.63, 3.8) is 0 Å². The number of guanidine groups is 2.